The van der Waals surface area contributed by atoms with E-state index in [2.05, 4.69) is 22.3 Å². The molecule has 24 heavy (non-hydrogen) atoms. The summed E-state index contributed by atoms with van der Waals surface area (Å²) in [5.74, 6) is 1.29. The van der Waals surface area contributed by atoms with Crippen LogP contribution in [0.15, 0.2) is 17.8 Å². The molecule has 3 heterocycles. The zero-order chi connectivity index (χ0) is 16.7. The Balaban J connectivity index is 1.40. The molecule has 1 amide bonds. The first-order valence-electron chi connectivity index (χ1n) is 8.87. The number of piperidine rings is 1. The monoisotopic (exact) mass is 344 g/mol. The predicted octanol–water partition coefficient (Wildman–Crippen LogP) is 2.95. The maximum Gasteiger partial charge on any atom is 0.226 e. The molecule has 2 aromatic rings. The molecule has 2 aliphatic rings. The van der Waals surface area contributed by atoms with Crippen LogP contribution in [0.4, 0.5) is 0 Å². The summed E-state index contributed by atoms with van der Waals surface area (Å²) in [7, 11) is 1.93. The van der Waals surface area contributed by atoms with Gasteiger partial charge in [0.25, 0.3) is 0 Å². The van der Waals surface area contributed by atoms with Gasteiger partial charge in [-0.25, -0.2) is 4.98 Å². The van der Waals surface area contributed by atoms with Crippen molar-refractivity contribution >= 4 is 17.2 Å². The molecule has 0 N–H and O–H groups in total. The third-order valence-corrected chi connectivity index (χ3v) is 6.33. The highest BCUT2D eigenvalue weighted by Crippen LogP contribution is 2.48. The number of likely N-dealkylation sites (tertiary alicyclic amines) is 1. The number of aromatic nitrogens is 3. The smallest absolute Gasteiger partial charge is 0.226 e. The largest absolute Gasteiger partial charge is 0.342 e. The van der Waals surface area contributed by atoms with Gasteiger partial charge in [0, 0.05) is 43.5 Å². The van der Waals surface area contributed by atoms with Crippen molar-refractivity contribution in [2.45, 2.75) is 44.4 Å². The molecule has 3 atom stereocenters. The minimum absolute atomic E-state index is 0.162. The minimum Gasteiger partial charge on any atom is -0.342 e. The maximum absolute atomic E-state index is 12.9. The van der Waals surface area contributed by atoms with Gasteiger partial charge in [-0.1, -0.05) is 6.92 Å². The minimum atomic E-state index is 0.162. The van der Waals surface area contributed by atoms with Crippen molar-refractivity contribution in [2.24, 2.45) is 13.0 Å². The molecule has 4 rings (SSSR count). The fourth-order valence-electron chi connectivity index (χ4n) is 3.75. The van der Waals surface area contributed by atoms with Gasteiger partial charge in [0.05, 0.1) is 16.9 Å². The summed E-state index contributed by atoms with van der Waals surface area (Å²) in [5, 5.41) is 7.61. The Labute approximate surface area is 146 Å². The van der Waals surface area contributed by atoms with Gasteiger partial charge in [0.2, 0.25) is 5.91 Å². The second-order valence-corrected chi connectivity index (χ2v) is 7.94. The Hall–Kier alpha value is -1.69. The lowest BCUT2D eigenvalue weighted by Gasteiger charge is -2.32. The lowest BCUT2D eigenvalue weighted by Crippen LogP contribution is -2.40. The Bertz CT molecular complexity index is 737. The van der Waals surface area contributed by atoms with Gasteiger partial charge in [-0.3, -0.25) is 9.48 Å². The zero-order valence-electron chi connectivity index (χ0n) is 14.3. The summed E-state index contributed by atoms with van der Waals surface area (Å²) >= 11 is 1.76. The van der Waals surface area contributed by atoms with Crippen LogP contribution in [0, 0.1) is 5.92 Å². The second kappa shape index (κ2) is 6.31. The van der Waals surface area contributed by atoms with Crippen molar-refractivity contribution in [3.05, 3.63) is 34.0 Å². The molecule has 0 aromatic carbocycles. The van der Waals surface area contributed by atoms with Crippen LogP contribution in [0.25, 0.3) is 0 Å². The van der Waals surface area contributed by atoms with E-state index in [-0.39, 0.29) is 5.92 Å². The van der Waals surface area contributed by atoms with E-state index in [4.69, 9.17) is 4.98 Å². The lowest BCUT2D eigenvalue weighted by atomic mass is 9.98. The predicted molar refractivity (Wildman–Crippen MR) is 94.1 cm³/mol. The number of hydrogen-bond donors (Lipinski definition) is 0. The summed E-state index contributed by atoms with van der Waals surface area (Å²) in [6, 6.07) is 0. The van der Waals surface area contributed by atoms with E-state index in [9.17, 15) is 4.79 Å². The first kappa shape index (κ1) is 15.8. The van der Waals surface area contributed by atoms with Crippen LogP contribution in [-0.4, -0.2) is 38.7 Å². The average Bonchev–Trinajstić information content (AvgIpc) is 3.04. The second-order valence-electron chi connectivity index (χ2n) is 7.05. The molecule has 2 fully saturated rings. The van der Waals surface area contributed by atoms with Crippen LogP contribution in [0.1, 0.15) is 54.3 Å². The van der Waals surface area contributed by atoms with Gasteiger partial charge in [0.15, 0.2) is 0 Å². The Kier molecular flexibility index (Phi) is 4.16. The Morgan fingerprint density at radius 3 is 3.04 bits per heavy atom. The number of amides is 1. The first-order valence-corrected chi connectivity index (χ1v) is 9.75. The van der Waals surface area contributed by atoms with Gasteiger partial charge in [-0.15, -0.1) is 11.3 Å². The highest BCUT2D eigenvalue weighted by atomic mass is 32.1. The summed E-state index contributed by atoms with van der Waals surface area (Å²) in [6.07, 6.45) is 8.14. The van der Waals surface area contributed by atoms with E-state index in [1.807, 2.05) is 24.1 Å². The quantitative estimate of drug-likeness (QED) is 0.857. The molecule has 2 aromatic heterocycles. The van der Waals surface area contributed by atoms with Crippen LogP contribution in [-0.2, 0) is 18.3 Å². The van der Waals surface area contributed by atoms with Gasteiger partial charge in [-0.2, -0.15) is 5.10 Å². The molecule has 1 saturated heterocycles. The van der Waals surface area contributed by atoms with E-state index in [1.54, 1.807) is 11.3 Å². The lowest BCUT2D eigenvalue weighted by molar-refractivity contribution is -0.133. The maximum atomic E-state index is 12.9. The summed E-state index contributed by atoms with van der Waals surface area (Å²) < 4.78 is 1.82. The van der Waals surface area contributed by atoms with Crippen molar-refractivity contribution < 1.29 is 4.79 Å². The van der Waals surface area contributed by atoms with E-state index in [0.717, 1.165) is 38.8 Å². The molecule has 1 aliphatic carbocycles. The summed E-state index contributed by atoms with van der Waals surface area (Å²) in [4.78, 5) is 19.7. The highest BCUT2D eigenvalue weighted by molar-refractivity contribution is 7.09. The first-order chi connectivity index (χ1) is 11.7. The molecule has 0 radical (unpaired) electrons. The third kappa shape index (κ3) is 2.99. The Morgan fingerprint density at radius 2 is 2.33 bits per heavy atom. The van der Waals surface area contributed by atoms with Crippen molar-refractivity contribution in [3.63, 3.8) is 0 Å². The molecule has 0 bridgehead atoms. The molecule has 0 unspecified atom stereocenters. The number of nitrogens with zero attached hydrogens (tertiary/aromatic N) is 4. The topological polar surface area (TPSA) is 51.0 Å². The fourth-order valence-corrected chi connectivity index (χ4v) is 4.78. The molecule has 1 saturated carbocycles. The van der Waals surface area contributed by atoms with E-state index >= 15 is 0 Å². The van der Waals surface area contributed by atoms with Crippen LogP contribution < -0.4 is 0 Å². The van der Waals surface area contributed by atoms with Crippen molar-refractivity contribution in [1.82, 2.24) is 19.7 Å². The van der Waals surface area contributed by atoms with Crippen molar-refractivity contribution in [2.75, 3.05) is 13.1 Å². The molecule has 6 heteroatoms. The molecule has 5 nitrogen and oxygen atoms in total. The van der Waals surface area contributed by atoms with Gasteiger partial charge < -0.3 is 4.90 Å². The average molecular weight is 344 g/mol. The molecule has 128 valence electrons. The fraction of sp³-hybridized carbons (Fsp3) is 0.611. The van der Waals surface area contributed by atoms with Crippen LogP contribution in [0.2, 0.25) is 0 Å². The number of hydrogen-bond acceptors (Lipinski definition) is 4. The summed E-state index contributed by atoms with van der Waals surface area (Å²) in [5.41, 5.74) is 2.38. The number of aryl methyl sites for hydroxylation is 2. The molecule has 1 aliphatic heterocycles. The van der Waals surface area contributed by atoms with Crippen LogP contribution in [0.5, 0.6) is 0 Å². The molecular formula is C18H24N4OS. The highest BCUT2D eigenvalue weighted by Gasteiger charge is 2.47. The van der Waals surface area contributed by atoms with E-state index in [0.29, 0.717) is 17.7 Å². The zero-order valence-corrected chi connectivity index (χ0v) is 15.1. The SMILES string of the molecule is CCc1csc([C@@H]2CCCN(C(=O)[C@@H]3C[C@@H]3c3cnn(C)c3)C2)n1. The standard InChI is InChI=1S/C18H24N4OS/c1-3-14-11-24-17(20-14)12-5-4-6-22(10-12)18(23)16-7-15(16)13-8-19-21(2)9-13/h8-9,11-12,15-16H,3-7,10H2,1-2H3/t12-,15-,16-/m1/s1. The van der Waals surface area contributed by atoms with Gasteiger partial charge in [-0.05, 0) is 37.2 Å². The normalized spacial score (nSPS) is 26.6. The number of thiazole rings is 1. The van der Waals surface area contributed by atoms with Gasteiger partial charge >= 0.3 is 0 Å². The number of carbonyl (C=O) groups is 1. The van der Waals surface area contributed by atoms with Crippen molar-refractivity contribution in [3.8, 4) is 0 Å². The van der Waals surface area contributed by atoms with Gasteiger partial charge in [0.1, 0.15) is 0 Å². The van der Waals surface area contributed by atoms with Crippen LogP contribution in [0.3, 0.4) is 0 Å². The van der Waals surface area contributed by atoms with E-state index in [1.165, 1.54) is 16.3 Å². The summed E-state index contributed by atoms with van der Waals surface area (Å²) in [6.45, 7) is 3.88. The number of carbonyl (C=O) groups excluding carboxylic acids is 1. The Morgan fingerprint density at radius 1 is 1.46 bits per heavy atom. The van der Waals surface area contributed by atoms with Crippen molar-refractivity contribution in [1.29, 1.82) is 0 Å². The number of rotatable bonds is 4. The van der Waals surface area contributed by atoms with E-state index < -0.39 is 0 Å². The van der Waals surface area contributed by atoms with Crippen LogP contribution >= 0.6 is 11.3 Å². The molecule has 0 spiro atoms. The molecular weight excluding hydrogens is 320 g/mol. The third-order valence-electron chi connectivity index (χ3n) is 5.27.